The predicted molar refractivity (Wildman–Crippen MR) is 125 cm³/mol. The van der Waals surface area contributed by atoms with Crippen molar-refractivity contribution in [3.63, 3.8) is 0 Å². The van der Waals surface area contributed by atoms with Gasteiger partial charge in [-0.25, -0.2) is 0 Å². The zero-order chi connectivity index (χ0) is 20.2. The van der Waals surface area contributed by atoms with Gasteiger partial charge in [0.25, 0.3) is 0 Å². The van der Waals surface area contributed by atoms with Crippen LogP contribution >= 0.6 is 0 Å². The van der Waals surface area contributed by atoms with Gasteiger partial charge in [-0.15, -0.1) is 0 Å². The summed E-state index contributed by atoms with van der Waals surface area (Å²) in [5.74, 6) is 0. The summed E-state index contributed by atoms with van der Waals surface area (Å²) in [4.78, 5) is 2.63. The number of hydrogen-bond donors (Lipinski definition) is 1. The van der Waals surface area contributed by atoms with E-state index in [2.05, 4.69) is 125 Å². The fraction of sp³-hybridized carbons (Fsp3) is 0.143. The lowest BCUT2D eigenvalue weighted by molar-refractivity contribution is 0.157. The van der Waals surface area contributed by atoms with E-state index in [0.29, 0.717) is 0 Å². The van der Waals surface area contributed by atoms with Crippen molar-refractivity contribution < 1.29 is 0 Å². The number of rotatable bonds is 4. The first-order chi connectivity index (χ1) is 14.9. The number of anilines is 1. The molecule has 0 aliphatic carbocycles. The van der Waals surface area contributed by atoms with Crippen LogP contribution < -0.4 is 5.32 Å². The Morgan fingerprint density at radius 3 is 1.57 bits per heavy atom. The molecule has 4 aromatic rings. The maximum absolute atomic E-state index is 3.64. The Balaban J connectivity index is 1.78. The van der Waals surface area contributed by atoms with Crippen LogP contribution in [0.2, 0.25) is 0 Å². The van der Waals surface area contributed by atoms with Gasteiger partial charge in [-0.05, 0) is 28.3 Å². The summed E-state index contributed by atoms with van der Waals surface area (Å²) >= 11 is 0. The quantitative estimate of drug-likeness (QED) is 0.436. The zero-order valence-electron chi connectivity index (χ0n) is 17.0. The number of benzene rings is 4. The van der Waals surface area contributed by atoms with Gasteiger partial charge in [-0.2, -0.15) is 0 Å². The first-order valence-electron chi connectivity index (χ1n) is 10.6. The maximum Gasteiger partial charge on any atom is 0.0976 e. The van der Waals surface area contributed by atoms with Crippen LogP contribution in [0.4, 0.5) is 5.69 Å². The minimum atomic E-state index is -0.372. The third-order valence-corrected chi connectivity index (χ3v) is 6.12. The summed E-state index contributed by atoms with van der Waals surface area (Å²) in [5, 5.41) is 3.64. The monoisotopic (exact) mass is 390 g/mol. The third-order valence-electron chi connectivity index (χ3n) is 6.12. The van der Waals surface area contributed by atoms with Crippen molar-refractivity contribution in [2.24, 2.45) is 0 Å². The summed E-state index contributed by atoms with van der Waals surface area (Å²) in [6.45, 7) is 2.72. The second-order valence-corrected chi connectivity index (χ2v) is 7.81. The van der Waals surface area contributed by atoms with E-state index in [1.165, 1.54) is 27.9 Å². The molecule has 5 rings (SSSR count). The van der Waals surface area contributed by atoms with Crippen LogP contribution in [-0.2, 0) is 12.1 Å². The highest BCUT2D eigenvalue weighted by Crippen LogP contribution is 2.43. The van der Waals surface area contributed by atoms with E-state index in [4.69, 9.17) is 0 Å². The topological polar surface area (TPSA) is 15.3 Å². The first-order valence-corrected chi connectivity index (χ1v) is 10.6. The molecule has 0 bridgehead atoms. The van der Waals surface area contributed by atoms with Gasteiger partial charge in [0, 0.05) is 25.3 Å². The third kappa shape index (κ3) is 3.20. The fourth-order valence-electron chi connectivity index (χ4n) is 4.81. The SMILES string of the molecule is c1ccc(C(c2ccccc2)(c2ccccc2)N2CCNc3ccccc3C2)cc1. The van der Waals surface area contributed by atoms with Crippen molar-refractivity contribution in [3.8, 4) is 0 Å². The molecule has 0 atom stereocenters. The number of fused-ring (bicyclic) bond motifs is 1. The number of nitrogens with one attached hydrogen (secondary N) is 1. The summed E-state index contributed by atoms with van der Waals surface area (Å²) in [6, 6.07) is 41.5. The molecule has 1 aliphatic heterocycles. The molecule has 0 aromatic heterocycles. The van der Waals surface area contributed by atoms with E-state index in [1.807, 2.05) is 0 Å². The van der Waals surface area contributed by atoms with Crippen LogP contribution in [0, 0.1) is 0 Å². The van der Waals surface area contributed by atoms with Crippen LogP contribution in [0.25, 0.3) is 0 Å². The highest BCUT2D eigenvalue weighted by molar-refractivity contribution is 5.54. The highest BCUT2D eigenvalue weighted by atomic mass is 15.2. The predicted octanol–water partition coefficient (Wildman–Crippen LogP) is 5.91. The zero-order valence-corrected chi connectivity index (χ0v) is 17.0. The van der Waals surface area contributed by atoms with Gasteiger partial charge < -0.3 is 5.32 Å². The van der Waals surface area contributed by atoms with Crippen LogP contribution in [0.15, 0.2) is 115 Å². The molecule has 1 heterocycles. The smallest absolute Gasteiger partial charge is 0.0976 e. The summed E-state index contributed by atoms with van der Waals surface area (Å²) in [6.07, 6.45) is 0. The van der Waals surface area contributed by atoms with Crippen LogP contribution in [0.3, 0.4) is 0 Å². The Morgan fingerprint density at radius 1 is 0.567 bits per heavy atom. The van der Waals surface area contributed by atoms with Crippen molar-refractivity contribution >= 4 is 5.69 Å². The van der Waals surface area contributed by atoms with Crippen molar-refractivity contribution in [2.45, 2.75) is 12.1 Å². The molecule has 1 aliphatic rings. The van der Waals surface area contributed by atoms with Crippen LogP contribution in [0.1, 0.15) is 22.3 Å². The van der Waals surface area contributed by atoms with Gasteiger partial charge in [0.05, 0.1) is 5.54 Å². The van der Waals surface area contributed by atoms with Crippen molar-refractivity contribution in [2.75, 3.05) is 18.4 Å². The Kier molecular flexibility index (Phi) is 5.08. The van der Waals surface area contributed by atoms with Crippen molar-refractivity contribution in [1.82, 2.24) is 4.90 Å². The molecule has 4 aromatic carbocycles. The van der Waals surface area contributed by atoms with E-state index in [-0.39, 0.29) is 5.54 Å². The molecular weight excluding hydrogens is 364 g/mol. The molecular formula is C28H26N2. The second-order valence-electron chi connectivity index (χ2n) is 7.81. The average molecular weight is 391 g/mol. The first kappa shape index (κ1) is 18.7. The number of para-hydroxylation sites is 1. The largest absolute Gasteiger partial charge is 0.383 e. The van der Waals surface area contributed by atoms with Gasteiger partial charge in [0.2, 0.25) is 0 Å². The molecule has 2 nitrogen and oxygen atoms in total. The highest BCUT2D eigenvalue weighted by Gasteiger charge is 2.42. The lowest BCUT2D eigenvalue weighted by Gasteiger charge is -2.45. The van der Waals surface area contributed by atoms with Gasteiger partial charge in [-0.1, -0.05) is 109 Å². The second kappa shape index (κ2) is 8.17. The maximum atomic E-state index is 3.64. The number of hydrogen-bond acceptors (Lipinski definition) is 2. The Labute approximate surface area is 178 Å². The molecule has 0 radical (unpaired) electrons. The molecule has 0 unspecified atom stereocenters. The van der Waals surface area contributed by atoms with Gasteiger partial charge >= 0.3 is 0 Å². The summed E-state index contributed by atoms with van der Waals surface area (Å²) in [5.41, 5.74) is 6.08. The Bertz CT molecular complexity index is 994. The molecule has 30 heavy (non-hydrogen) atoms. The molecule has 0 amide bonds. The van der Waals surface area contributed by atoms with Crippen molar-refractivity contribution in [1.29, 1.82) is 0 Å². The molecule has 0 saturated heterocycles. The normalized spacial score (nSPS) is 14.4. The standard InChI is InChI=1S/C28H26N2/c1-4-13-24(14-5-1)28(25-15-6-2-7-16-25,26-17-8-3-9-18-26)30-21-20-29-27-19-11-10-12-23(27)22-30/h1-19,29H,20-22H2. The van der Waals surface area contributed by atoms with Gasteiger partial charge in [-0.3, -0.25) is 4.90 Å². The van der Waals surface area contributed by atoms with E-state index >= 15 is 0 Å². The molecule has 148 valence electrons. The fourth-order valence-corrected chi connectivity index (χ4v) is 4.81. The molecule has 2 heteroatoms. The van der Waals surface area contributed by atoms with Gasteiger partial charge in [0.15, 0.2) is 0 Å². The lowest BCUT2D eigenvalue weighted by Crippen LogP contribution is -2.48. The molecule has 0 fully saturated rings. The van der Waals surface area contributed by atoms with E-state index in [9.17, 15) is 0 Å². The minimum Gasteiger partial charge on any atom is -0.383 e. The minimum absolute atomic E-state index is 0.372. The number of nitrogens with zero attached hydrogens (tertiary/aromatic N) is 1. The van der Waals surface area contributed by atoms with E-state index < -0.39 is 0 Å². The van der Waals surface area contributed by atoms with Crippen LogP contribution in [0.5, 0.6) is 0 Å². The molecule has 1 N–H and O–H groups in total. The molecule has 0 saturated carbocycles. The Morgan fingerprint density at radius 2 is 1.03 bits per heavy atom. The Hall–Kier alpha value is -3.36. The molecule has 0 spiro atoms. The average Bonchev–Trinajstić information content (AvgIpc) is 3.05. The van der Waals surface area contributed by atoms with E-state index in [1.54, 1.807) is 0 Å². The van der Waals surface area contributed by atoms with E-state index in [0.717, 1.165) is 19.6 Å². The van der Waals surface area contributed by atoms with Gasteiger partial charge in [0.1, 0.15) is 0 Å². The van der Waals surface area contributed by atoms with Crippen LogP contribution in [-0.4, -0.2) is 18.0 Å². The van der Waals surface area contributed by atoms with Crippen molar-refractivity contribution in [3.05, 3.63) is 138 Å². The summed E-state index contributed by atoms with van der Waals surface area (Å²) < 4.78 is 0. The summed E-state index contributed by atoms with van der Waals surface area (Å²) in [7, 11) is 0. The lowest BCUT2D eigenvalue weighted by atomic mass is 9.75.